The van der Waals surface area contributed by atoms with Gasteiger partial charge in [0.25, 0.3) is 0 Å². The second-order valence-electron chi connectivity index (χ2n) is 7.86. The van der Waals surface area contributed by atoms with Crippen molar-refractivity contribution in [3.63, 3.8) is 0 Å². The summed E-state index contributed by atoms with van der Waals surface area (Å²) < 4.78 is 28.9. The molecule has 0 amide bonds. The smallest absolute Gasteiger partial charge is 0.357 e. The fourth-order valence-corrected chi connectivity index (χ4v) is 4.95. The van der Waals surface area contributed by atoms with Gasteiger partial charge in [0.05, 0.1) is 22.2 Å². The van der Waals surface area contributed by atoms with Crippen LogP contribution < -0.4 is 5.32 Å². The molecule has 2 aromatic carbocycles. The van der Waals surface area contributed by atoms with Gasteiger partial charge in [0.1, 0.15) is 5.01 Å². The van der Waals surface area contributed by atoms with E-state index in [1.54, 1.807) is 19.1 Å². The molecule has 0 bridgehead atoms. The Bertz CT molecular complexity index is 1400. The lowest BCUT2D eigenvalue weighted by atomic mass is 10.0. The fraction of sp³-hybridized carbons (Fsp3) is 0.250. The summed E-state index contributed by atoms with van der Waals surface area (Å²) in [5.74, 6) is -0.675. The summed E-state index contributed by atoms with van der Waals surface area (Å²) >= 11 is 7.68. The topological polar surface area (TPSA) is 122 Å². The van der Waals surface area contributed by atoms with Crippen LogP contribution in [0.3, 0.4) is 0 Å². The predicted octanol–water partition coefficient (Wildman–Crippen LogP) is 5.33. The Balaban J connectivity index is 2.11. The molecular formula is C24H25ClN4O4S2. The van der Waals surface area contributed by atoms with Crippen molar-refractivity contribution in [3.05, 3.63) is 64.1 Å². The normalized spacial score (nSPS) is 12.3. The van der Waals surface area contributed by atoms with Crippen LogP contribution in [0.5, 0.6) is 0 Å². The molecule has 1 heterocycles. The molecule has 1 aromatic heterocycles. The molecule has 11 heteroatoms. The van der Waals surface area contributed by atoms with Crippen LogP contribution in [0.2, 0.25) is 0 Å². The third kappa shape index (κ3) is 6.33. The number of ether oxygens (including phenoxy) is 1. The third-order valence-electron chi connectivity index (χ3n) is 4.91. The number of carbonyl (C=O) groups excluding carboxylic acids is 1. The lowest BCUT2D eigenvalue weighted by molar-refractivity contribution is -0.135. The maximum Gasteiger partial charge on any atom is 0.357 e. The van der Waals surface area contributed by atoms with E-state index in [4.69, 9.17) is 21.7 Å². The number of benzene rings is 2. The number of aromatic nitrogens is 2. The largest absolute Gasteiger partial charge is 0.461 e. The second kappa shape index (κ2) is 11.1. The Kier molecular flexibility index (Phi) is 8.42. The van der Waals surface area contributed by atoms with E-state index in [2.05, 4.69) is 15.5 Å². The fourth-order valence-electron chi connectivity index (χ4n) is 3.17. The molecule has 8 nitrogen and oxygen atoms in total. The molecule has 3 rings (SSSR count). The molecule has 0 aliphatic carbocycles. The monoisotopic (exact) mass is 532 g/mol. The quantitative estimate of drug-likeness (QED) is 0.282. The van der Waals surface area contributed by atoms with Crippen molar-refractivity contribution in [3.8, 4) is 10.6 Å². The predicted molar refractivity (Wildman–Crippen MR) is 140 cm³/mol. The number of hydrogen-bond acceptors (Lipinski definition) is 9. The van der Waals surface area contributed by atoms with Crippen LogP contribution in [0.4, 0.5) is 5.69 Å². The van der Waals surface area contributed by atoms with Gasteiger partial charge in [0, 0.05) is 17.5 Å². The van der Waals surface area contributed by atoms with Gasteiger partial charge in [-0.1, -0.05) is 67.1 Å². The number of para-hydroxylation sites is 1. The van der Waals surface area contributed by atoms with E-state index in [1.165, 1.54) is 12.1 Å². The molecule has 0 saturated carbocycles. The average Bonchev–Trinajstić information content (AvgIpc) is 3.31. The zero-order valence-electron chi connectivity index (χ0n) is 19.6. The third-order valence-corrected chi connectivity index (χ3v) is 7.39. The molecule has 0 aliphatic rings. The minimum Gasteiger partial charge on any atom is -0.461 e. The molecule has 0 fully saturated rings. The Morgan fingerprint density at radius 3 is 2.54 bits per heavy atom. The van der Waals surface area contributed by atoms with Gasteiger partial charge >= 0.3 is 5.97 Å². The van der Waals surface area contributed by atoms with E-state index in [-0.39, 0.29) is 28.1 Å². The number of rotatable bonds is 9. The molecule has 0 radical (unpaired) electrons. The number of esters is 1. The molecule has 0 atom stereocenters. The number of nitrogens with zero attached hydrogens (tertiary/aromatic N) is 2. The van der Waals surface area contributed by atoms with Crippen LogP contribution in [-0.4, -0.2) is 43.2 Å². The first-order valence-corrected chi connectivity index (χ1v) is 13.8. The van der Waals surface area contributed by atoms with E-state index in [1.807, 2.05) is 38.1 Å². The molecule has 0 saturated heterocycles. The van der Waals surface area contributed by atoms with Gasteiger partial charge in [-0.15, -0.1) is 10.2 Å². The van der Waals surface area contributed by atoms with Crippen molar-refractivity contribution in [2.24, 2.45) is 0 Å². The Morgan fingerprint density at radius 1 is 1.17 bits per heavy atom. The standard InChI is InChI=1S/C24H25ClN4O4S2/c1-5-33-24(30)20(26)19(25)21(27-18-12-7-6-11-17(18)14(2)3)23-29-28-22(34-23)15-9-8-10-16(13-15)35(4,31)32/h6-14,26-27H,5H2,1-4H3/b21-19+,26-20?. The molecule has 35 heavy (non-hydrogen) atoms. The molecule has 2 N–H and O–H groups in total. The minimum atomic E-state index is -3.40. The van der Waals surface area contributed by atoms with Gasteiger partial charge in [-0.05, 0) is 36.6 Å². The van der Waals surface area contributed by atoms with Crippen molar-refractivity contribution < 1.29 is 17.9 Å². The van der Waals surface area contributed by atoms with Gasteiger partial charge in [0.2, 0.25) is 0 Å². The van der Waals surface area contributed by atoms with E-state index in [0.717, 1.165) is 28.8 Å². The molecule has 0 aliphatic heterocycles. The Labute approximate surface area is 213 Å². The van der Waals surface area contributed by atoms with Crippen LogP contribution in [0, 0.1) is 5.41 Å². The number of halogens is 1. The van der Waals surface area contributed by atoms with Gasteiger partial charge in [-0.2, -0.15) is 0 Å². The Morgan fingerprint density at radius 2 is 1.89 bits per heavy atom. The van der Waals surface area contributed by atoms with Crippen LogP contribution in [0.15, 0.2) is 58.5 Å². The summed E-state index contributed by atoms with van der Waals surface area (Å²) in [5, 5.41) is 20.5. The summed E-state index contributed by atoms with van der Waals surface area (Å²) in [5.41, 5.74) is 2.01. The summed E-state index contributed by atoms with van der Waals surface area (Å²) in [7, 11) is -3.40. The minimum absolute atomic E-state index is 0.101. The second-order valence-corrected chi connectivity index (χ2v) is 11.2. The maximum absolute atomic E-state index is 12.2. The number of sulfone groups is 1. The summed E-state index contributed by atoms with van der Waals surface area (Å²) in [6.07, 6.45) is 1.13. The summed E-state index contributed by atoms with van der Waals surface area (Å²) in [6.45, 7) is 5.83. The van der Waals surface area contributed by atoms with Crippen LogP contribution >= 0.6 is 22.9 Å². The highest BCUT2D eigenvalue weighted by Gasteiger charge is 2.23. The first-order chi connectivity index (χ1) is 16.5. The van der Waals surface area contributed by atoms with E-state index in [0.29, 0.717) is 15.6 Å². The van der Waals surface area contributed by atoms with Crippen LogP contribution in [0.25, 0.3) is 16.3 Å². The van der Waals surface area contributed by atoms with Crippen molar-refractivity contribution >= 4 is 55.8 Å². The van der Waals surface area contributed by atoms with E-state index < -0.39 is 21.5 Å². The van der Waals surface area contributed by atoms with Crippen molar-refractivity contribution in [1.82, 2.24) is 10.2 Å². The van der Waals surface area contributed by atoms with Gasteiger partial charge in [0.15, 0.2) is 20.6 Å². The highest BCUT2D eigenvalue weighted by atomic mass is 35.5. The first-order valence-electron chi connectivity index (χ1n) is 10.7. The van der Waals surface area contributed by atoms with Crippen molar-refractivity contribution in [2.45, 2.75) is 31.6 Å². The van der Waals surface area contributed by atoms with E-state index >= 15 is 0 Å². The highest BCUT2D eigenvalue weighted by molar-refractivity contribution is 7.90. The van der Waals surface area contributed by atoms with Crippen molar-refractivity contribution in [1.29, 1.82) is 5.41 Å². The highest BCUT2D eigenvalue weighted by Crippen LogP contribution is 2.34. The number of nitrogens with one attached hydrogen (secondary N) is 2. The van der Waals surface area contributed by atoms with Gasteiger partial charge in [-0.3, -0.25) is 5.41 Å². The Hall–Kier alpha value is -3.08. The average molecular weight is 533 g/mol. The van der Waals surface area contributed by atoms with Crippen molar-refractivity contribution in [2.75, 3.05) is 18.2 Å². The maximum atomic E-state index is 12.2. The zero-order valence-corrected chi connectivity index (χ0v) is 22.0. The lowest BCUT2D eigenvalue weighted by Crippen LogP contribution is -2.19. The van der Waals surface area contributed by atoms with Crippen LogP contribution in [-0.2, 0) is 19.4 Å². The summed E-state index contributed by atoms with van der Waals surface area (Å²) in [4.78, 5) is 12.4. The SMILES string of the molecule is CCOC(=O)C(=N)/C(Cl)=C(\Nc1ccccc1C(C)C)c1nnc(-c2cccc(S(C)(=O)=O)c2)s1. The van der Waals surface area contributed by atoms with E-state index in [9.17, 15) is 13.2 Å². The van der Waals surface area contributed by atoms with Gasteiger partial charge < -0.3 is 10.1 Å². The molecule has 0 unspecified atom stereocenters. The number of carbonyl (C=O) groups is 1. The first kappa shape index (κ1) is 26.5. The molecule has 184 valence electrons. The number of hydrogen-bond donors (Lipinski definition) is 2. The molecular weight excluding hydrogens is 508 g/mol. The zero-order chi connectivity index (χ0) is 25.8. The molecule has 3 aromatic rings. The van der Waals surface area contributed by atoms with Crippen LogP contribution in [0.1, 0.15) is 37.3 Å². The summed E-state index contributed by atoms with van der Waals surface area (Å²) in [6, 6.07) is 14.0. The lowest BCUT2D eigenvalue weighted by Gasteiger charge is -2.17. The molecule has 0 spiro atoms. The number of anilines is 1. The van der Waals surface area contributed by atoms with Gasteiger partial charge in [-0.25, -0.2) is 13.2 Å².